The summed E-state index contributed by atoms with van der Waals surface area (Å²) in [5, 5.41) is 3.76. The Labute approximate surface area is 121 Å². The first-order valence-electron chi connectivity index (χ1n) is 8.46. The van der Waals surface area contributed by atoms with Gasteiger partial charge in [-0.25, -0.2) is 0 Å². The first-order valence-corrected chi connectivity index (χ1v) is 8.46. The van der Waals surface area contributed by atoms with Gasteiger partial charge >= 0.3 is 0 Å². The summed E-state index contributed by atoms with van der Waals surface area (Å²) in [5.41, 5.74) is 0.374. The number of hydrogen-bond donors (Lipinski definition) is 1. The Bertz CT molecular complexity index is 232. The van der Waals surface area contributed by atoms with Crippen LogP contribution in [0, 0.1) is 5.41 Å². The zero-order chi connectivity index (χ0) is 14.3. The van der Waals surface area contributed by atoms with Crippen LogP contribution in [0.3, 0.4) is 0 Å². The minimum Gasteiger partial charge on any atom is -0.311 e. The maximum absolute atomic E-state index is 3.76. The molecule has 1 fully saturated rings. The van der Waals surface area contributed by atoms with E-state index >= 15 is 0 Å². The second kappa shape index (κ2) is 8.26. The molecule has 19 heavy (non-hydrogen) atoms. The highest BCUT2D eigenvalue weighted by Crippen LogP contribution is 2.24. The van der Waals surface area contributed by atoms with Crippen molar-refractivity contribution in [3.8, 4) is 0 Å². The van der Waals surface area contributed by atoms with Crippen molar-refractivity contribution in [1.82, 2.24) is 10.2 Å². The van der Waals surface area contributed by atoms with E-state index in [1.165, 1.54) is 58.2 Å². The molecule has 0 spiro atoms. The fraction of sp³-hybridized carbons (Fsp3) is 1.00. The molecule has 1 aliphatic rings. The molecule has 0 radical (unpaired) electrons. The molecule has 1 saturated heterocycles. The van der Waals surface area contributed by atoms with Crippen molar-refractivity contribution in [2.24, 2.45) is 5.41 Å². The lowest BCUT2D eigenvalue weighted by Crippen LogP contribution is -2.60. The number of nitrogens with one attached hydrogen (secondary N) is 1. The molecule has 114 valence electrons. The molecule has 2 atom stereocenters. The third-order valence-electron chi connectivity index (χ3n) is 4.60. The van der Waals surface area contributed by atoms with Crippen LogP contribution in [-0.4, -0.2) is 36.6 Å². The summed E-state index contributed by atoms with van der Waals surface area (Å²) in [7, 11) is 0. The second-order valence-corrected chi connectivity index (χ2v) is 7.30. The van der Waals surface area contributed by atoms with Crippen LogP contribution in [0.2, 0.25) is 0 Å². The maximum Gasteiger partial charge on any atom is 0.0244 e. The van der Waals surface area contributed by atoms with E-state index in [2.05, 4.69) is 44.8 Å². The van der Waals surface area contributed by atoms with Crippen LogP contribution in [0.1, 0.15) is 73.1 Å². The Morgan fingerprint density at radius 2 is 1.74 bits per heavy atom. The van der Waals surface area contributed by atoms with Crippen molar-refractivity contribution in [1.29, 1.82) is 0 Å². The second-order valence-electron chi connectivity index (χ2n) is 7.30. The number of hydrogen-bond acceptors (Lipinski definition) is 2. The average molecular weight is 268 g/mol. The van der Waals surface area contributed by atoms with Gasteiger partial charge in [0, 0.05) is 25.2 Å². The highest BCUT2D eigenvalue weighted by atomic mass is 15.2. The molecule has 0 bridgehead atoms. The number of unbranched alkanes of at least 4 members (excludes halogenated alkanes) is 4. The van der Waals surface area contributed by atoms with Gasteiger partial charge in [-0.3, -0.25) is 4.90 Å². The predicted octanol–water partition coefficient (Wildman–Crippen LogP) is 4.06. The van der Waals surface area contributed by atoms with Gasteiger partial charge in [0.15, 0.2) is 0 Å². The third kappa shape index (κ3) is 5.83. The molecule has 0 aromatic carbocycles. The summed E-state index contributed by atoms with van der Waals surface area (Å²) in [4.78, 5) is 2.75. The van der Waals surface area contributed by atoms with E-state index in [1.807, 2.05) is 0 Å². The van der Waals surface area contributed by atoms with Gasteiger partial charge in [-0.1, -0.05) is 60.3 Å². The topological polar surface area (TPSA) is 15.3 Å². The van der Waals surface area contributed by atoms with Crippen LogP contribution in [0.5, 0.6) is 0 Å². The minimum atomic E-state index is 0.374. The molecule has 1 aliphatic heterocycles. The lowest BCUT2D eigenvalue weighted by Gasteiger charge is -2.45. The maximum atomic E-state index is 3.76. The van der Waals surface area contributed by atoms with Crippen molar-refractivity contribution in [3.63, 3.8) is 0 Å². The zero-order valence-corrected chi connectivity index (χ0v) is 14.0. The molecule has 2 nitrogen and oxygen atoms in total. The van der Waals surface area contributed by atoms with Gasteiger partial charge in [-0.2, -0.15) is 0 Å². The van der Waals surface area contributed by atoms with E-state index in [9.17, 15) is 0 Å². The van der Waals surface area contributed by atoms with Crippen LogP contribution in [0.25, 0.3) is 0 Å². The Kier molecular flexibility index (Phi) is 7.38. The molecular weight excluding hydrogens is 232 g/mol. The molecule has 1 heterocycles. The van der Waals surface area contributed by atoms with E-state index in [1.54, 1.807) is 0 Å². The Morgan fingerprint density at radius 3 is 2.32 bits per heavy atom. The summed E-state index contributed by atoms with van der Waals surface area (Å²) in [6.07, 6.45) is 8.24. The third-order valence-corrected chi connectivity index (χ3v) is 4.60. The van der Waals surface area contributed by atoms with Crippen LogP contribution in [0.4, 0.5) is 0 Å². The minimum absolute atomic E-state index is 0.374. The summed E-state index contributed by atoms with van der Waals surface area (Å²) in [6, 6.07) is 1.40. The number of piperazine rings is 1. The number of rotatable bonds is 7. The van der Waals surface area contributed by atoms with Crippen molar-refractivity contribution in [2.75, 3.05) is 19.6 Å². The molecule has 2 unspecified atom stereocenters. The number of nitrogens with zero attached hydrogens (tertiary/aromatic N) is 1. The lowest BCUT2D eigenvalue weighted by molar-refractivity contribution is 0.0820. The fourth-order valence-electron chi connectivity index (χ4n) is 3.03. The molecule has 0 amide bonds. The van der Waals surface area contributed by atoms with Crippen molar-refractivity contribution >= 4 is 0 Å². The molecule has 0 aromatic heterocycles. The van der Waals surface area contributed by atoms with Gasteiger partial charge in [-0.05, 0) is 24.8 Å². The first kappa shape index (κ1) is 17.0. The average Bonchev–Trinajstić information content (AvgIpc) is 2.37. The van der Waals surface area contributed by atoms with Crippen molar-refractivity contribution < 1.29 is 0 Å². The van der Waals surface area contributed by atoms with Gasteiger partial charge in [0.25, 0.3) is 0 Å². The van der Waals surface area contributed by atoms with Gasteiger partial charge in [-0.15, -0.1) is 0 Å². The first-order chi connectivity index (χ1) is 8.99. The van der Waals surface area contributed by atoms with Crippen LogP contribution in [0.15, 0.2) is 0 Å². The van der Waals surface area contributed by atoms with Crippen LogP contribution < -0.4 is 5.32 Å². The molecule has 0 aliphatic carbocycles. The smallest absolute Gasteiger partial charge is 0.0244 e. The predicted molar refractivity (Wildman–Crippen MR) is 85.7 cm³/mol. The van der Waals surface area contributed by atoms with Crippen molar-refractivity contribution in [2.45, 2.75) is 85.2 Å². The van der Waals surface area contributed by atoms with E-state index < -0.39 is 0 Å². The molecule has 1 N–H and O–H groups in total. The lowest BCUT2D eigenvalue weighted by atomic mass is 9.84. The summed E-state index contributed by atoms with van der Waals surface area (Å²) >= 11 is 0. The van der Waals surface area contributed by atoms with Gasteiger partial charge in [0.05, 0.1) is 0 Å². The fourth-order valence-corrected chi connectivity index (χ4v) is 3.03. The zero-order valence-electron chi connectivity index (χ0n) is 14.0. The van der Waals surface area contributed by atoms with E-state index in [4.69, 9.17) is 0 Å². The Morgan fingerprint density at radius 1 is 1.05 bits per heavy atom. The molecule has 2 heteroatoms. The highest BCUT2D eigenvalue weighted by Gasteiger charge is 2.32. The Hall–Kier alpha value is -0.0800. The monoisotopic (exact) mass is 268 g/mol. The molecule has 0 aromatic rings. The van der Waals surface area contributed by atoms with E-state index in [-0.39, 0.29) is 0 Å². The quantitative estimate of drug-likeness (QED) is 0.701. The Balaban J connectivity index is 2.37. The highest BCUT2D eigenvalue weighted by molar-refractivity contribution is 4.91. The SMILES string of the molecule is CCCCCCCN1CC(C(C)(C)C)NCC1CC. The summed E-state index contributed by atoms with van der Waals surface area (Å²) < 4.78 is 0. The molecule has 0 saturated carbocycles. The van der Waals surface area contributed by atoms with Gasteiger partial charge < -0.3 is 5.32 Å². The van der Waals surface area contributed by atoms with Gasteiger partial charge in [0.2, 0.25) is 0 Å². The normalized spacial score (nSPS) is 25.7. The largest absolute Gasteiger partial charge is 0.311 e. The van der Waals surface area contributed by atoms with Crippen molar-refractivity contribution in [3.05, 3.63) is 0 Å². The summed E-state index contributed by atoms with van der Waals surface area (Å²) in [6.45, 7) is 15.4. The summed E-state index contributed by atoms with van der Waals surface area (Å²) in [5.74, 6) is 0. The van der Waals surface area contributed by atoms with Crippen LogP contribution in [-0.2, 0) is 0 Å². The molecule has 1 rings (SSSR count). The van der Waals surface area contributed by atoms with Gasteiger partial charge in [0.1, 0.15) is 0 Å². The van der Waals surface area contributed by atoms with Crippen LogP contribution >= 0.6 is 0 Å². The standard InChI is InChI=1S/C17H36N2/c1-6-8-9-10-11-12-19-14-16(17(3,4)5)18-13-15(19)7-2/h15-16,18H,6-14H2,1-5H3. The van der Waals surface area contributed by atoms with E-state index in [0.717, 1.165) is 6.04 Å². The van der Waals surface area contributed by atoms with E-state index in [0.29, 0.717) is 11.5 Å². The molecular formula is C17H36N2.